The van der Waals surface area contributed by atoms with Crippen LogP contribution in [0.1, 0.15) is 21.6 Å². The first-order valence-electron chi connectivity index (χ1n) is 7.37. The molecule has 4 nitrogen and oxygen atoms in total. The van der Waals surface area contributed by atoms with E-state index in [9.17, 15) is 9.18 Å². The molecule has 0 saturated heterocycles. The summed E-state index contributed by atoms with van der Waals surface area (Å²) in [6.07, 6.45) is 0. The van der Waals surface area contributed by atoms with E-state index in [1.54, 1.807) is 16.8 Å². The van der Waals surface area contributed by atoms with Crippen molar-refractivity contribution in [3.8, 4) is 0 Å². The number of aromatic nitrogens is 2. The highest BCUT2D eigenvalue weighted by Crippen LogP contribution is 2.18. The van der Waals surface area contributed by atoms with E-state index < -0.39 is 5.82 Å². The van der Waals surface area contributed by atoms with Gasteiger partial charge in [0.2, 0.25) is 0 Å². The largest absolute Gasteiger partial charge is 0.307 e. The second kappa shape index (κ2) is 6.97. The van der Waals surface area contributed by atoms with Gasteiger partial charge in [-0.3, -0.25) is 4.79 Å². The summed E-state index contributed by atoms with van der Waals surface area (Å²) >= 11 is 3.19. The molecule has 0 saturated carbocycles. The van der Waals surface area contributed by atoms with Crippen molar-refractivity contribution in [3.63, 3.8) is 0 Å². The number of hydrogen-bond acceptors (Lipinski definition) is 2. The van der Waals surface area contributed by atoms with Gasteiger partial charge in [0.15, 0.2) is 0 Å². The van der Waals surface area contributed by atoms with E-state index in [0.717, 1.165) is 11.3 Å². The van der Waals surface area contributed by atoms with Gasteiger partial charge in [-0.15, -0.1) is 0 Å². The summed E-state index contributed by atoms with van der Waals surface area (Å²) in [5.41, 5.74) is 2.11. The van der Waals surface area contributed by atoms with E-state index in [2.05, 4.69) is 26.3 Å². The van der Waals surface area contributed by atoms with E-state index in [0.29, 0.717) is 16.8 Å². The van der Waals surface area contributed by atoms with Gasteiger partial charge in [0.1, 0.15) is 11.6 Å². The molecular formula is C18H15BrFN3O. The van der Waals surface area contributed by atoms with Gasteiger partial charge in [-0.1, -0.05) is 46.3 Å². The molecule has 0 radical (unpaired) electrons. The predicted octanol–water partition coefficient (Wildman–Crippen LogP) is 4.39. The zero-order valence-electron chi connectivity index (χ0n) is 13.0. The summed E-state index contributed by atoms with van der Waals surface area (Å²) in [7, 11) is 0. The average Bonchev–Trinajstić information content (AvgIpc) is 2.86. The molecule has 24 heavy (non-hydrogen) atoms. The predicted molar refractivity (Wildman–Crippen MR) is 94.6 cm³/mol. The van der Waals surface area contributed by atoms with Crippen LogP contribution in [0.15, 0.2) is 59.1 Å². The third kappa shape index (κ3) is 3.89. The number of nitrogens with one attached hydrogen (secondary N) is 1. The van der Waals surface area contributed by atoms with Gasteiger partial charge in [-0.2, -0.15) is 5.10 Å². The maximum absolute atomic E-state index is 13.5. The third-order valence-electron chi connectivity index (χ3n) is 3.44. The molecule has 0 atom stereocenters. The van der Waals surface area contributed by atoms with Crippen molar-refractivity contribution >= 4 is 27.7 Å². The summed E-state index contributed by atoms with van der Waals surface area (Å²) in [6, 6.07) is 15.7. The number of halogens is 2. The van der Waals surface area contributed by atoms with E-state index in [4.69, 9.17) is 0 Å². The minimum absolute atomic E-state index is 0.243. The summed E-state index contributed by atoms with van der Waals surface area (Å²) in [5.74, 6) is -0.283. The zero-order valence-corrected chi connectivity index (χ0v) is 14.5. The SMILES string of the molecule is Cc1cc(NC(=O)c2cc(F)cc(Br)c2)n(Cc2ccccc2)n1. The first kappa shape index (κ1) is 16.4. The lowest BCUT2D eigenvalue weighted by Crippen LogP contribution is -2.16. The minimum Gasteiger partial charge on any atom is -0.307 e. The van der Waals surface area contributed by atoms with Crippen LogP contribution >= 0.6 is 15.9 Å². The van der Waals surface area contributed by atoms with Gasteiger partial charge in [0.25, 0.3) is 5.91 Å². The van der Waals surface area contributed by atoms with Gasteiger partial charge >= 0.3 is 0 Å². The number of nitrogens with zero attached hydrogens (tertiary/aromatic N) is 2. The Labute approximate surface area is 147 Å². The molecule has 3 rings (SSSR count). The molecule has 1 N–H and O–H groups in total. The second-order valence-corrected chi connectivity index (χ2v) is 6.34. The second-order valence-electron chi connectivity index (χ2n) is 5.43. The van der Waals surface area contributed by atoms with Crippen LogP contribution in [0.4, 0.5) is 10.2 Å². The monoisotopic (exact) mass is 387 g/mol. The third-order valence-corrected chi connectivity index (χ3v) is 3.90. The van der Waals surface area contributed by atoms with Gasteiger partial charge in [-0.05, 0) is 30.7 Å². The molecule has 1 heterocycles. The fourth-order valence-corrected chi connectivity index (χ4v) is 2.86. The van der Waals surface area contributed by atoms with Crippen molar-refractivity contribution in [2.45, 2.75) is 13.5 Å². The minimum atomic E-state index is -0.469. The molecular weight excluding hydrogens is 373 g/mol. The molecule has 122 valence electrons. The molecule has 1 amide bonds. The van der Waals surface area contributed by atoms with Crippen molar-refractivity contribution in [1.82, 2.24) is 9.78 Å². The number of carbonyl (C=O) groups is 1. The average molecular weight is 388 g/mol. The zero-order chi connectivity index (χ0) is 17.1. The molecule has 2 aromatic carbocycles. The quantitative estimate of drug-likeness (QED) is 0.721. The van der Waals surface area contributed by atoms with Crippen molar-refractivity contribution in [2.75, 3.05) is 5.32 Å². The highest BCUT2D eigenvalue weighted by molar-refractivity contribution is 9.10. The Balaban J connectivity index is 1.83. The van der Waals surface area contributed by atoms with Crippen molar-refractivity contribution < 1.29 is 9.18 Å². The highest BCUT2D eigenvalue weighted by Gasteiger charge is 2.13. The molecule has 0 fully saturated rings. The van der Waals surface area contributed by atoms with E-state index in [1.165, 1.54) is 12.1 Å². The van der Waals surface area contributed by atoms with Crippen LogP contribution < -0.4 is 5.32 Å². The molecule has 3 aromatic rings. The van der Waals surface area contributed by atoms with Crippen LogP contribution in [-0.2, 0) is 6.54 Å². The van der Waals surface area contributed by atoms with Crippen LogP contribution in [0.25, 0.3) is 0 Å². The Morgan fingerprint density at radius 3 is 2.67 bits per heavy atom. The first-order valence-corrected chi connectivity index (χ1v) is 8.16. The lowest BCUT2D eigenvalue weighted by Gasteiger charge is -2.09. The maximum atomic E-state index is 13.5. The van der Waals surface area contributed by atoms with Crippen molar-refractivity contribution in [3.05, 3.63) is 81.7 Å². The number of amides is 1. The number of aryl methyl sites for hydroxylation is 1. The maximum Gasteiger partial charge on any atom is 0.256 e. The Kier molecular flexibility index (Phi) is 4.76. The van der Waals surface area contributed by atoms with Gasteiger partial charge in [-0.25, -0.2) is 9.07 Å². The van der Waals surface area contributed by atoms with E-state index in [1.807, 2.05) is 37.3 Å². The Morgan fingerprint density at radius 1 is 1.21 bits per heavy atom. The van der Waals surface area contributed by atoms with E-state index in [-0.39, 0.29) is 11.5 Å². The topological polar surface area (TPSA) is 46.9 Å². The van der Waals surface area contributed by atoms with Crippen LogP contribution in [0.5, 0.6) is 0 Å². The van der Waals surface area contributed by atoms with Crippen LogP contribution in [0, 0.1) is 12.7 Å². The summed E-state index contributed by atoms with van der Waals surface area (Å²) in [5, 5.41) is 7.20. The molecule has 1 aromatic heterocycles. The normalized spacial score (nSPS) is 10.6. The van der Waals surface area contributed by atoms with Gasteiger partial charge in [0, 0.05) is 16.1 Å². The molecule has 6 heteroatoms. The van der Waals surface area contributed by atoms with Crippen LogP contribution in [0.3, 0.4) is 0 Å². The smallest absolute Gasteiger partial charge is 0.256 e. The molecule has 0 aliphatic carbocycles. The van der Waals surface area contributed by atoms with Crippen molar-refractivity contribution in [1.29, 1.82) is 0 Å². The Hall–Kier alpha value is -2.47. The number of rotatable bonds is 4. The van der Waals surface area contributed by atoms with Gasteiger partial charge in [0.05, 0.1) is 12.2 Å². The highest BCUT2D eigenvalue weighted by atomic mass is 79.9. The molecule has 0 bridgehead atoms. The fraction of sp³-hybridized carbons (Fsp3) is 0.111. The molecule has 0 aliphatic rings. The number of anilines is 1. The fourth-order valence-electron chi connectivity index (χ4n) is 2.40. The number of hydrogen-bond donors (Lipinski definition) is 1. The van der Waals surface area contributed by atoms with Crippen molar-refractivity contribution in [2.24, 2.45) is 0 Å². The standard InChI is InChI=1S/C18H15BrFN3O/c1-12-7-17(23(22-12)11-13-5-3-2-4-6-13)21-18(24)14-8-15(19)10-16(20)9-14/h2-10H,11H2,1H3,(H,21,24). The van der Waals surface area contributed by atoms with Gasteiger partial charge < -0.3 is 5.32 Å². The summed E-state index contributed by atoms with van der Waals surface area (Å²) < 4.78 is 15.7. The number of carbonyl (C=O) groups excluding carboxylic acids is 1. The molecule has 0 spiro atoms. The number of benzene rings is 2. The molecule has 0 aliphatic heterocycles. The first-order chi connectivity index (χ1) is 11.5. The lowest BCUT2D eigenvalue weighted by atomic mass is 10.2. The Morgan fingerprint density at radius 2 is 1.96 bits per heavy atom. The van der Waals surface area contributed by atoms with Crippen LogP contribution in [0.2, 0.25) is 0 Å². The van der Waals surface area contributed by atoms with E-state index >= 15 is 0 Å². The molecule has 0 unspecified atom stereocenters. The summed E-state index contributed by atoms with van der Waals surface area (Å²) in [4.78, 5) is 12.4. The summed E-state index contributed by atoms with van der Waals surface area (Å²) in [6.45, 7) is 2.40. The Bertz CT molecular complexity index is 857. The lowest BCUT2D eigenvalue weighted by molar-refractivity contribution is 0.102. The van der Waals surface area contributed by atoms with Crippen LogP contribution in [-0.4, -0.2) is 15.7 Å².